The number of rotatable bonds is 5. The van der Waals surface area contributed by atoms with Crippen LogP contribution in [0.1, 0.15) is 47.2 Å². The molecule has 1 amide bonds. The summed E-state index contributed by atoms with van der Waals surface area (Å²) >= 11 is 1.47. The number of nitrogens with two attached hydrogens (primary N) is 1. The summed E-state index contributed by atoms with van der Waals surface area (Å²) in [5.74, 6) is 0.403. The number of aromatic nitrogens is 3. The molecule has 0 unspecified atom stereocenters. The molecule has 4 rings (SSSR count). The quantitative estimate of drug-likeness (QED) is 0.692. The Morgan fingerprint density at radius 3 is 2.81 bits per heavy atom. The number of benzene rings is 1. The Hall–Kier alpha value is -1.96. The molecule has 0 saturated heterocycles. The van der Waals surface area contributed by atoms with Crippen LogP contribution in [-0.2, 0) is 6.42 Å². The number of hydrogen-bond acceptors (Lipinski definition) is 5. The van der Waals surface area contributed by atoms with E-state index in [9.17, 15) is 4.79 Å². The lowest BCUT2D eigenvalue weighted by Gasteiger charge is -2.16. The van der Waals surface area contributed by atoms with Crippen molar-refractivity contribution >= 4 is 46.6 Å². The van der Waals surface area contributed by atoms with E-state index in [4.69, 9.17) is 5.73 Å². The van der Waals surface area contributed by atoms with Gasteiger partial charge >= 0.3 is 0 Å². The number of nitrogens with zero attached hydrogens (tertiary/aromatic N) is 3. The Labute approximate surface area is 162 Å². The number of fused-ring (bicyclic) bond motifs is 1. The van der Waals surface area contributed by atoms with Gasteiger partial charge in [0.15, 0.2) is 0 Å². The summed E-state index contributed by atoms with van der Waals surface area (Å²) < 4.78 is 2.19. The maximum Gasteiger partial charge on any atom is 0.277 e. The van der Waals surface area contributed by atoms with Crippen molar-refractivity contribution < 1.29 is 4.79 Å². The summed E-state index contributed by atoms with van der Waals surface area (Å²) in [6, 6.07) is 8.43. The molecule has 6 nitrogen and oxygen atoms in total. The van der Waals surface area contributed by atoms with Crippen molar-refractivity contribution in [2.45, 2.75) is 38.1 Å². The van der Waals surface area contributed by atoms with Crippen molar-refractivity contribution in [3.8, 4) is 0 Å². The second-order valence-electron chi connectivity index (χ2n) is 6.35. The van der Waals surface area contributed by atoms with E-state index in [1.165, 1.54) is 24.2 Å². The molecule has 1 aromatic carbocycles. The number of carbonyl (C=O) groups excluding carboxylic acids is 1. The van der Waals surface area contributed by atoms with E-state index >= 15 is 0 Å². The Morgan fingerprint density at radius 2 is 2.04 bits per heavy atom. The highest BCUT2D eigenvalue weighted by atomic mass is 35.5. The highest BCUT2D eigenvalue weighted by molar-refractivity contribution is 7.09. The Morgan fingerprint density at radius 1 is 1.27 bits per heavy atom. The SMILES string of the molecule is Cl.NCCc1nc(C(=O)Nc2nc3ccccc3n2C2CCCC2)cs1. The molecule has 8 heteroatoms. The smallest absolute Gasteiger partial charge is 0.277 e. The third-order valence-electron chi connectivity index (χ3n) is 4.65. The van der Waals surface area contributed by atoms with Crippen LogP contribution in [0.4, 0.5) is 5.95 Å². The van der Waals surface area contributed by atoms with Crippen molar-refractivity contribution in [3.63, 3.8) is 0 Å². The van der Waals surface area contributed by atoms with Gasteiger partial charge in [-0.3, -0.25) is 10.1 Å². The number of anilines is 1. The summed E-state index contributed by atoms with van der Waals surface area (Å²) in [5.41, 5.74) is 7.97. The molecule has 3 aromatic rings. The maximum absolute atomic E-state index is 12.6. The summed E-state index contributed by atoms with van der Waals surface area (Å²) in [4.78, 5) is 21.6. The number of para-hydroxylation sites is 2. The number of halogens is 1. The molecular formula is C18H22ClN5OS. The van der Waals surface area contributed by atoms with Gasteiger partial charge in [0.25, 0.3) is 5.91 Å². The van der Waals surface area contributed by atoms with E-state index in [1.54, 1.807) is 5.38 Å². The molecule has 1 saturated carbocycles. The molecular weight excluding hydrogens is 370 g/mol. The lowest BCUT2D eigenvalue weighted by atomic mass is 10.2. The molecule has 2 aromatic heterocycles. The first-order chi connectivity index (χ1) is 12.3. The normalized spacial score (nSPS) is 14.5. The molecule has 1 aliphatic carbocycles. The monoisotopic (exact) mass is 391 g/mol. The molecule has 1 fully saturated rings. The topological polar surface area (TPSA) is 85.8 Å². The lowest BCUT2D eigenvalue weighted by molar-refractivity contribution is 0.102. The molecule has 2 heterocycles. The fraction of sp³-hybridized carbons (Fsp3) is 0.389. The third kappa shape index (κ3) is 3.60. The number of thiazole rings is 1. The predicted molar refractivity (Wildman–Crippen MR) is 107 cm³/mol. The van der Waals surface area contributed by atoms with Gasteiger partial charge in [0.2, 0.25) is 5.95 Å². The van der Waals surface area contributed by atoms with E-state index in [1.807, 2.05) is 18.2 Å². The Kier molecular flexibility index (Phi) is 5.90. The average Bonchev–Trinajstić information content (AvgIpc) is 3.33. The first-order valence-electron chi connectivity index (χ1n) is 8.69. The van der Waals surface area contributed by atoms with Gasteiger partial charge in [0.05, 0.1) is 16.0 Å². The molecule has 26 heavy (non-hydrogen) atoms. The second kappa shape index (κ2) is 8.16. The summed E-state index contributed by atoms with van der Waals surface area (Å²) in [6.45, 7) is 0.534. The summed E-state index contributed by atoms with van der Waals surface area (Å²) in [7, 11) is 0. The molecule has 0 spiro atoms. The summed E-state index contributed by atoms with van der Waals surface area (Å²) in [6.07, 6.45) is 5.39. The van der Waals surface area contributed by atoms with Gasteiger partial charge in [-0.05, 0) is 31.5 Å². The molecule has 0 radical (unpaired) electrons. The minimum absolute atomic E-state index is 0. The van der Waals surface area contributed by atoms with Crippen LogP contribution in [0.3, 0.4) is 0 Å². The van der Waals surface area contributed by atoms with Crippen LogP contribution in [-0.4, -0.2) is 27.0 Å². The second-order valence-corrected chi connectivity index (χ2v) is 7.29. The Balaban J connectivity index is 0.00000196. The van der Waals surface area contributed by atoms with Gasteiger partial charge in [-0.15, -0.1) is 23.7 Å². The van der Waals surface area contributed by atoms with E-state index in [-0.39, 0.29) is 18.3 Å². The molecule has 0 aliphatic heterocycles. The first-order valence-corrected chi connectivity index (χ1v) is 9.57. The number of imidazole rings is 1. The number of nitrogens with one attached hydrogen (secondary N) is 1. The van der Waals surface area contributed by atoms with E-state index < -0.39 is 0 Å². The molecule has 138 valence electrons. The lowest BCUT2D eigenvalue weighted by Crippen LogP contribution is -2.18. The van der Waals surface area contributed by atoms with Crippen molar-refractivity contribution in [3.05, 3.63) is 40.3 Å². The zero-order valence-corrected chi connectivity index (χ0v) is 16.0. The van der Waals surface area contributed by atoms with Crippen LogP contribution in [0.2, 0.25) is 0 Å². The zero-order valence-electron chi connectivity index (χ0n) is 14.4. The number of hydrogen-bond donors (Lipinski definition) is 2. The van der Waals surface area contributed by atoms with Crippen molar-refractivity contribution in [1.82, 2.24) is 14.5 Å². The van der Waals surface area contributed by atoms with E-state index in [2.05, 4.69) is 25.9 Å². The van der Waals surface area contributed by atoms with Gasteiger partial charge in [0.1, 0.15) is 5.69 Å². The molecule has 0 atom stereocenters. The highest BCUT2D eigenvalue weighted by Crippen LogP contribution is 2.35. The number of carbonyl (C=O) groups is 1. The highest BCUT2D eigenvalue weighted by Gasteiger charge is 2.24. The van der Waals surface area contributed by atoms with E-state index in [0.29, 0.717) is 30.6 Å². The van der Waals surface area contributed by atoms with Crippen LogP contribution in [0, 0.1) is 0 Å². The van der Waals surface area contributed by atoms with Crippen LogP contribution in [0.15, 0.2) is 29.6 Å². The molecule has 3 N–H and O–H groups in total. The van der Waals surface area contributed by atoms with Crippen molar-refractivity contribution in [2.75, 3.05) is 11.9 Å². The summed E-state index contributed by atoms with van der Waals surface area (Å²) in [5, 5.41) is 5.64. The first kappa shape index (κ1) is 18.8. The van der Waals surface area contributed by atoms with Gasteiger partial charge in [-0.1, -0.05) is 25.0 Å². The number of amides is 1. The minimum atomic E-state index is -0.214. The van der Waals surface area contributed by atoms with Crippen LogP contribution in [0.25, 0.3) is 11.0 Å². The Bertz CT molecular complexity index is 900. The fourth-order valence-electron chi connectivity index (χ4n) is 3.48. The minimum Gasteiger partial charge on any atom is -0.330 e. The standard InChI is InChI=1S/C18H21N5OS.ClH/c19-10-9-16-20-14(11-25-16)17(24)22-18-21-13-7-3-4-8-15(13)23(18)12-5-1-2-6-12;/h3-4,7-8,11-12H,1-2,5-6,9-10,19H2,(H,21,22,24);1H. The van der Waals surface area contributed by atoms with Gasteiger partial charge < -0.3 is 10.3 Å². The van der Waals surface area contributed by atoms with Crippen LogP contribution >= 0.6 is 23.7 Å². The molecule has 0 bridgehead atoms. The average molecular weight is 392 g/mol. The zero-order chi connectivity index (χ0) is 17.2. The maximum atomic E-state index is 12.6. The van der Waals surface area contributed by atoms with E-state index in [0.717, 1.165) is 28.9 Å². The third-order valence-corrected chi connectivity index (χ3v) is 5.56. The van der Waals surface area contributed by atoms with Crippen molar-refractivity contribution in [1.29, 1.82) is 0 Å². The largest absolute Gasteiger partial charge is 0.330 e. The van der Waals surface area contributed by atoms with Crippen LogP contribution < -0.4 is 11.1 Å². The van der Waals surface area contributed by atoms with Crippen LogP contribution in [0.5, 0.6) is 0 Å². The van der Waals surface area contributed by atoms with Crippen molar-refractivity contribution in [2.24, 2.45) is 5.73 Å². The van der Waals surface area contributed by atoms with Gasteiger partial charge in [0, 0.05) is 17.8 Å². The molecule has 1 aliphatic rings. The predicted octanol–water partition coefficient (Wildman–Crippen LogP) is 3.78. The van der Waals surface area contributed by atoms with Gasteiger partial charge in [-0.2, -0.15) is 0 Å². The fourth-order valence-corrected chi connectivity index (χ4v) is 4.28. The van der Waals surface area contributed by atoms with Gasteiger partial charge in [-0.25, -0.2) is 9.97 Å².